The molecule has 1 atom stereocenters. The van der Waals surface area contributed by atoms with E-state index >= 15 is 0 Å². The molecule has 2 heterocycles. The molecule has 16 heavy (non-hydrogen) atoms. The topological polar surface area (TPSA) is 51.6 Å². The Balaban J connectivity index is 1.93. The van der Waals surface area contributed by atoms with Gasteiger partial charge < -0.3 is 14.9 Å². The van der Waals surface area contributed by atoms with Crippen molar-refractivity contribution in [2.75, 3.05) is 26.2 Å². The number of morpholine rings is 1. The summed E-state index contributed by atoms with van der Waals surface area (Å²) < 4.78 is 12.7. The lowest BCUT2D eigenvalue weighted by molar-refractivity contribution is -0.0279. The highest BCUT2D eigenvalue weighted by Gasteiger charge is 2.20. The Hall–Kier alpha value is 0.120. The first-order valence-corrected chi connectivity index (χ1v) is 6.75. The van der Waals surface area contributed by atoms with Gasteiger partial charge in [0.2, 0.25) is 0 Å². The summed E-state index contributed by atoms with van der Waals surface area (Å²) >= 11 is 6.73. The third-order valence-electron chi connectivity index (χ3n) is 2.56. The maximum atomic E-state index is 5.60. The van der Waals surface area contributed by atoms with E-state index in [0.29, 0.717) is 6.54 Å². The van der Waals surface area contributed by atoms with Gasteiger partial charge in [0.25, 0.3) is 0 Å². The molecule has 0 saturated carbocycles. The van der Waals surface area contributed by atoms with Gasteiger partial charge in [-0.3, -0.25) is 4.90 Å². The van der Waals surface area contributed by atoms with Crippen LogP contribution in [0.5, 0.6) is 0 Å². The fourth-order valence-electron chi connectivity index (χ4n) is 1.76. The molecule has 90 valence electrons. The van der Waals surface area contributed by atoms with Crippen molar-refractivity contribution in [2.24, 2.45) is 5.73 Å². The Morgan fingerprint density at radius 1 is 1.50 bits per heavy atom. The van der Waals surface area contributed by atoms with Crippen LogP contribution in [0.4, 0.5) is 0 Å². The normalized spacial score (nSPS) is 22.6. The molecule has 1 aromatic heterocycles. The molecular formula is C10H14Br2N2O2. The molecule has 1 saturated heterocycles. The van der Waals surface area contributed by atoms with Gasteiger partial charge in [-0.15, -0.1) is 0 Å². The molecule has 6 heteroatoms. The molecule has 1 aromatic rings. The number of hydrogen-bond acceptors (Lipinski definition) is 4. The largest absolute Gasteiger partial charge is 0.452 e. The summed E-state index contributed by atoms with van der Waals surface area (Å²) in [7, 11) is 0. The van der Waals surface area contributed by atoms with Crippen molar-refractivity contribution in [3.63, 3.8) is 0 Å². The van der Waals surface area contributed by atoms with E-state index in [1.165, 1.54) is 0 Å². The monoisotopic (exact) mass is 352 g/mol. The van der Waals surface area contributed by atoms with Crippen molar-refractivity contribution in [1.29, 1.82) is 0 Å². The maximum absolute atomic E-state index is 5.60. The van der Waals surface area contributed by atoms with Crippen LogP contribution in [0.15, 0.2) is 19.6 Å². The Bertz CT molecular complexity index is 337. The van der Waals surface area contributed by atoms with Gasteiger partial charge in [-0.25, -0.2) is 0 Å². The fourth-order valence-corrected chi connectivity index (χ4v) is 2.41. The van der Waals surface area contributed by atoms with Gasteiger partial charge in [-0.1, -0.05) is 0 Å². The number of nitrogens with two attached hydrogens (primary N) is 1. The predicted molar refractivity (Wildman–Crippen MR) is 68.2 cm³/mol. The van der Waals surface area contributed by atoms with Gasteiger partial charge in [-0.05, 0) is 37.9 Å². The molecule has 0 bridgehead atoms. The second kappa shape index (κ2) is 5.64. The van der Waals surface area contributed by atoms with Gasteiger partial charge in [0.15, 0.2) is 4.67 Å². The van der Waals surface area contributed by atoms with Gasteiger partial charge in [-0.2, -0.15) is 0 Å². The minimum Gasteiger partial charge on any atom is -0.452 e. The third kappa shape index (κ3) is 3.07. The summed E-state index contributed by atoms with van der Waals surface area (Å²) in [6, 6.07) is 1.98. The maximum Gasteiger partial charge on any atom is 0.183 e. The highest BCUT2D eigenvalue weighted by Crippen LogP contribution is 2.27. The first kappa shape index (κ1) is 12.6. The van der Waals surface area contributed by atoms with Crippen LogP contribution in [0.25, 0.3) is 0 Å². The van der Waals surface area contributed by atoms with Crippen LogP contribution >= 0.6 is 31.9 Å². The molecule has 0 aromatic carbocycles. The van der Waals surface area contributed by atoms with Crippen LogP contribution in [0.1, 0.15) is 5.76 Å². The number of halogens is 2. The van der Waals surface area contributed by atoms with E-state index in [9.17, 15) is 0 Å². The molecule has 0 aliphatic carbocycles. The average Bonchev–Trinajstić information content (AvgIpc) is 2.58. The summed E-state index contributed by atoms with van der Waals surface area (Å²) in [6.45, 7) is 3.90. The van der Waals surface area contributed by atoms with Crippen LogP contribution < -0.4 is 5.73 Å². The fraction of sp³-hybridized carbons (Fsp3) is 0.600. The minimum atomic E-state index is 0.149. The summed E-state index contributed by atoms with van der Waals surface area (Å²) in [6.07, 6.45) is 0.149. The molecule has 1 aliphatic heterocycles. The average molecular weight is 354 g/mol. The molecule has 1 unspecified atom stereocenters. The lowest BCUT2D eigenvalue weighted by Crippen LogP contribution is -2.45. The Kier molecular flexibility index (Phi) is 4.43. The zero-order valence-electron chi connectivity index (χ0n) is 8.79. The van der Waals surface area contributed by atoms with Crippen molar-refractivity contribution >= 4 is 31.9 Å². The molecular weight excluding hydrogens is 340 g/mol. The van der Waals surface area contributed by atoms with Crippen LogP contribution in [-0.4, -0.2) is 37.2 Å². The summed E-state index contributed by atoms with van der Waals surface area (Å²) in [5.41, 5.74) is 5.60. The van der Waals surface area contributed by atoms with Crippen molar-refractivity contribution in [3.05, 3.63) is 21.0 Å². The van der Waals surface area contributed by atoms with E-state index < -0.39 is 0 Å². The zero-order chi connectivity index (χ0) is 11.5. The summed E-state index contributed by atoms with van der Waals surface area (Å²) in [4.78, 5) is 2.29. The smallest absolute Gasteiger partial charge is 0.183 e. The molecule has 2 N–H and O–H groups in total. The minimum absolute atomic E-state index is 0.149. The number of ether oxygens (including phenoxy) is 1. The van der Waals surface area contributed by atoms with E-state index in [4.69, 9.17) is 14.9 Å². The van der Waals surface area contributed by atoms with E-state index in [-0.39, 0.29) is 6.10 Å². The second-order valence-electron chi connectivity index (χ2n) is 3.80. The molecule has 1 fully saturated rings. The highest BCUT2D eigenvalue weighted by molar-refractivity contribution is 9.13. The Morgan fingerprint density at radius 3 is 2.94 bits per heavy atom. The van der Waals surface area contributed by atoms with Gasteiger partial charge in [0.1, 0.15) is 5.76 Å². The van der Waals surface area contributed by atoms with Crippen LogP contribution in [0.3, 0.4) is 0 Å². The lowest BCUT2D eigenvalue weighted by Gasteiger charge is -2.31. The van der Waals surface area contributed by atoms with E-state index in [1.807, 2.05) is 6.07 Å². The van der Waals surface area contributed by atoms with E-state index in [2.05, 4.69) is 36.8 Å². The van der Waals surface area contributed by atoms with Crippen molar-refractivity contribution in [1.82, 2.24) is 4.90 Å². The SMILES string of the molecule is NCC1CN(Cc2cc(Br)c(Br)o2)CCO1. The molecule has 0 radical (unpaired) electrons. The Labute approximate surface area is 111 Å². The van der Waals surface area contributed by atoms with Gasteiger partial charge in [0, 0.05) is 19.6 Å². The van der Waals surface area contributed by atoms with Crippen LogP contribution in [0.2, 0.25) is 0 Å². The number of furan rings is 1. The third-order valence-corrected chi connectivity index (χ3v) is 4.27. The van der Waals surface area contributed by atoms with Gasteiger partial charge >= 0.3 is 0 Å². The van der Waals surface area contributed by atoms with Crippen molar-refractivity contribution in [2.45, 2.75) is 12.6 Å². The molecule has 0 spiro atoms. The molecule has 1 aliphatic rings. The van der Waals surface area contributed by atoms with Crippen LogP contribution in [0, 0.1) is 0 Å². The standard InChI is InChI=1S/C10H14Br2N2O2/c11-9-3-7(16-10(9)12)5-14-1-2-15-8(4-13)6-14/h3,8H,1-2,4-6,13H2. The number of nitrogens with zero attached hydrogens (tertiary/aromatic N) is 1. The van der Waals surface area contributed by atoms with E-state index in [1.54, 1.807) is 0 Å². The first-order valence-electron chi connectivity index (χ1n) is 5.16. The predicted octanol–water partition coefficient (Wildman–Crippen LogP) is 1.96. The second-order valence-corrected chi connectivity index (χ2v) is 5.37. The zero-order valence-corrected chi connectivity index (χ0v) is 12.0. The van der Waals surface area contributed by atoms with Crippen LogP contribution in [-0.2, 0) is 11.3 Å². The number of hydrogen-bond donors (Lipinski definition) is 1. The highest BCUT2D eigenvalue weighted by atomic mass is 79.9. The van der Waals surface area contributed by atoms with Crippen molar-refractivity contribution in [3.8, 4) is 0 Å². The summed E-state index contributed by atoms with van der Waals surface area (Å²) in [5, 5.41) is 0. The first-order chi connectivity index (χ1) is 7.69. The van der Waals surface area contributed by atoms with E-state index in [0.717, 1.165) is 41.1 Å². The van der Waals surface area contributed by atoms with Gasteiger partial charge in [0.05, 0.1) is 23.7 Å². The molecule has 0 amide bonds. The Morgan fingerprint density at radius 2 is 2.31 bits per heavy atom. The molecule has 2 rings (SSSR count). The summed E-state index contributed by atoms with van der Waals surface area (Å²) in [5.74, 6) is 0.941. The molecule has 4 nitrogen and oxygen atoms in total. The quantitative estimate of drug-likeness (QED) is 0.902. The lowest BCUT2D eigenvalue weighted by atomic mass is 10.2. The van der Waals surface area contributed by atoms with Crippen molar-refractivity contribution < 1.29 is 9.15 Å². The number of rotatable bonds is 3.